The minimum Gasteiger partial charge on any atom is -0.503 e. The second kappa shape index (κ2) is 12.0. The molecule has 2 heterocycles. The van der Waals surface area contributed by atoms with Crippen LogP contribution in [0.4, 0.5) is 23.1 Å². The third-order valence-electron chi connectivity index (χ3n) is 7.84. The van der Waals surface area contributed by atoms with Gasteiger partial charge in [-0.25, -0.2) is 4.98 Å². The molecule has 2 aliphatic rings. The smallest absolute Gasteiger partial charge is 0.229 e. The number of anilines is 4. The molecule has 3 N–H and O–H groups in total. The molecule has 8 nitrogen and oxygen atoms in total. The molecule has 0 bridgehead atoms. The Kier molecular flexibility index (Phi) is 8.29. The summed E-state index contributed by atoms with van der Waals surface area (Å²) in [5, 5.41) is 16.9. The van der Waals surface area contributed by atoms with Crippen LogP contribution >= 0.6 is 0 Å². The largest absolute Gasteiger partial charge is 0.503 e. The average molecular weight is 517 g/mol. The van der Waals surface area contributed by atoms with E-state index in [2.05, 4.69) is 49.5 Å². The lowest BCUT2D eigenvalue weighted by molar-refractivity contribution is 0.0920. The lowest BCUT2D eigenvalue weighted by Gasteiger charge is -2.39. The number of fused-ring (bicyclic) bond motifs is 1. The summed E-state index contributed by atoms with van der Waals surface area (Å²) < 4.78 is 5.81. The number of aromatic hydroxyl groups is 1. The van der Waals surface area contributed by atoms with Crippen LogP contribution in [0.25, 0.3) is 0 Å². The Balaban J connectivity index is 1.33. The molecule has 8 heteroatoms. The number of aromatic nitrogens is 2. The van der Waals surface area contributed by atoms with Gasteiger partial charge in [-0.05, 0) is 80.5 Å². The standard InChI is InChI=1S/C30H40N6O2/c1-4-12-35-13-15-36(16-14-35)24-10-7-9-22-18-26(28(38-3)19-23(22)17-24)33-30-31-20-27(37)29(34-30)32-25-11-6-5-8-21(25)2/h5-6,8,11,18-20,24,37H,4,7,9-10,12-17H2,1-3H3,(H2,31,32,33,34). The third kappa shape index (κ3) is 6.03. The fourth-order valence-electron chi connectivity index (χ4n) is 5.71. The molecule has 1 saturated heterocycles. The summed E-state index contributed by atoms with van der Waals surface area (Å²) in [4.78, 5) is 14.2. The maximum absolute atomic E-state index is 10.4. The molecule has 202 valence electrons. The number of methoxy groups -OCH3 is 1. The van der Waals surface area contributed by atoms with Crippen LogP contribution in [0.5, 0.6) is 11.5 Å². The van der Waals surface area contributed by atoms with Gasteiger partial charge in [0.05, 0.1) is 19.0 Å². The van der Waals surface area contributed by atoms with E-state index in [9.17, 15) is 5.11 Å². The molecular formula is C30H40N6O2. The molecule has 38 heavy (non-hydrogen) atoms. The summed E-state index contributed by atoms with van der Waals surface area (Å²) in [7, 11) is 1.71. The number of nitrogens with zero attached hydrogens (tertiary/aromatic N) is 4. The number of nitrogens with one attached hydrogen (secondary N) is 2. The first-order valence-electron chi connectivity index (χ1n) is 13.9. The SMILES string of the molecule is CCCN1CCN(C2CCCc3cc(Nc4ncc(O)c(Nc5ccccc5C)n4)c(OC)cc3C2)CC1. The first kappa shape index (κ1) is 26.3. The monoisotopic (exact) mass is 516 g/mol. The number of hydrogen-bond acceptors (Lipinski definition) is 8. The summed E-state index contributed by atoms with van der Waals surface area (Å²) in [6.07, 6.45) is 7.15. The maximum atomic E-state index is 10.4. The van der Waals surface area contributed by atoms with Gasteiger partial charge in [-0.2, -0.15) is 4.98 Å². The van der Waals surface area contributed by atoms with E-state index in [1.807, 2.05) is 31.2 Å². The Hall–Kier alpha value is -3.36. The van der Waals surface area contributed by atoms with Crippen molar-refractivity contribution in [3.8, 4) is 11.5 Å². The Morgan fingerprint density at radius 1 is 1.05 bits per heavy atom. The van der Waals surface area contributed by atoms with Gasteiger partial charge in [0.2, 0.25) is 5.95 Å². The van der Waals surface area contributed by atoms with Gasteiger partial charge in [0, 0.05) is 37.9 Å². The highest BCUT2D eigenvalue weighted by molar-refractivity contribution is 5.69. The van der Waals surface area contributed by atoms with Gasteiger partial charge in [0.15, 0.2) is 11.6 Å². The Morgan fingerprint density at radius 2 is 1.87 bits per heavy atom. The average Bonchev–Trinajstić information content (AvgIpc) is 3.14. The number of para-hydroxylation sites is 1. The lowest BCUT2D eigenvalue weighted by Crippen LogP contribution is -2.50. The van der Waals surface area contributed by atoms with Crippen molar-refractivity contribution in [1.82, 2.24) is 19.8 Å². The summed E-state index contributed by atoms with van der Waals surface area (Å²) in [6.45, 7) is 10.2. The van der Waals surface area contributed by atoms with Crippen molar-refractivity contribution in [2.45, 2.75) is 52.0 Å². The molecule has 1 aromatic heterocycles. The molecule has 0 saturated carbocycles. The summed E-state index contributed by atoms with van der Waals surface area (Å²) in [6, 6.07) is 12.9. The van der Waals surface area contributed by atoms with E-state index in [1.54, 1.807) is 7.11 Å². The first-order chi connectivity index (χ1) is 18.5. The van der Waals surface area contributed by atoms with E-state index >= 15 is 0 Å². The van der Waals surface area contributed by atoms with Gasteiger partial charge < -0.3 is 25.4 Å². The van der Waals surface area contributed by atoms with Crippen molar-refractivity contribution in [1.29, 1.82) is 0 Å². The second-order valence-corrected chi connectivity index (χ2v) is 10.4. The number of benzene rings is 2. The molecule has 1 unspecified atom stereocenters. The molecule has 1 atom stereocenters. The fraction of sp³-hybridized carbons (Fsp3) is 0.467. The van der Waals surface area contributed by atoms with E-state index in [1.165, 1.54) is 56.2 Å². The van der Waals surface area contributed by atoms with E-state index < -0.39 is 0 Å². The lowest BCUT2D eigenvalue weighted by atomic mass is 9.99. The first-order valence-corrected chi connectivity index (χ1v) is 13.9. The zero-order chi connectivity index (χ0) is 26.5. The molecule has 3 aromatic rings. The van der Waals surface area contributed by atoms with Crippen LogP contribution in [-0.2, 0) is 12.8 Å². The van der Waals surface area contributed by atoms with Crippen LogP contribution in [0.3, 0.4) is 0 Å². The summed E-state index contributed by atoms with van der Waals surface area (Å²) in [5.41, 5.74) is 5.52. The zero-order valence-corrected chi connectivity index (χ0v) is 22.8. The van der Waals surface area contributed by atoms with Gasteiger partial charge in [0.1, 0.15) is 5.75 Å². The molecule has 1 aliphatic carbocycles. The normalized spacial score (nSPS) is 18.4. The topological polar surface area (TPSA) is 85.8 Å². The molecule has 5 rings (SSSR count). The highest BCUT2D eigenvalue weighted by Crippen LogP contribution is 2.35. The van der Waals surface area contributed by atoms with Crippen LogP contribution in [0.1, 0.15) is 42.9 Å². The fourth-order valence-corrected chi connectivity index (χ4v) is 5.71. The van der Waals surface area contributed by atoms with Crippen molar-refractivity contribution in [2.75, 3.05) is 50.5 Å². The van der Waals surface area contributed by atoms with E-state index in [-0.39, 0.29) is 5.75 Å². The van der Waals surface area contributed by atoms with E-state index in [0.717, 1.165) is 48.6 Å². The van der Waals surface area contributed by atoms with Crippen molar-refractivity contribution >= 4 is 23.1 Å². The quantitative estimate of drug-likeness (QED) is 0.350. The molecule has 0 amide bonds. The van der Waals surface area contributed by atoms with E-state index in [4.69, 9.17) is 4.74 Å². The zero-order valence-electron chi connectivity index (χ0n) is 22.8. The predicted molar refractivity (Wildman–Crippen MR) is 153 cm³/mol. The van der Waals surface area contributed by atoms with E-state index in [0.29, 0.717) is 17.8 Å². The van der Waals surface area contributed by atoms with Crippen LogP contribution in [0.2, 0.25) is 0 Å². The summed E-state index contributed by atoms with van der Waals surface area (Å²) in [5.74, 6) is 1.53. The van der Waals surface area contributed by atoms with Crippen LogP contribution in [-0.4, -0.2) is 70.7 Å². The Bertz CT molecular complexity index is 1240. The van der Waals surface area contributed by atoms with Crippen molar-refractivity contribution in [3.63, 3.8) is 0 Å². The van der Waals surface area contributed by atoms with Crippen LogP contribution in [0, 0.1) is 6.92 Å². The van der Waals surface area contributed by atoms with Gasteiger partial charge in [0.25, 0.3) is 0 Å². The second-order valence-electron chi connectivity index (χ2n) is 10.4. The van der Waals surface area contributed by atoms with Crippen LogP contribution < -0.4 is 15.4 Å². The Morgan fingerprint density at radius 3 is 2.63 bits per heavy atom. The predicted octanol–water partition coefficient (Wildman–Crippen LogP) is 5.26. The maximum Gasteiger partial charge on any atom is 0.229 e. The molecular weight excluding hydrogens is 476 g/mol. The highest BCUT2D eigenvalue weighted by Gasteiger charge is 2.27. The number of rotatable bonds is 8. The van der Waals surface area contributed by atoms with Crippen molar-refractivity contribution in [3.05, 3.63) is 59.3 Å². The minimum atomic E-state index is -0.00531. The van der Waals surface area contributed by atoms with Gasteiger partial charge in [-0.1, -0.05) is 25.1 Å². The minimum absolute atomic E-state index is 0.00531. The summed E-state index contributed by atoms with van der Waals surface area (Å²) >= 11 is 0. The van der Waals surface area contributed by atoms with Crippen molar-refractivity contribution < 1.29 is 9.84 Å². The van der Waals surface area contributed by atoms with Gasteiger partial charge in [-0.3, -0.25) is 4.90 Å². The number of piperazine rings is 1. The Labute approximate surface area is 226 Å². The molecule has 0 radical (unpaired) electrons. The number of ether oxygens (including phenoxy) is 1. The highest BCUT2D eigenvalue weighted by atomic mass is 16.5. The molecule has 2 aromatic carbocycles. The molecule has 0 spiro atoms. The van der Waals surface area contributed by atoms with Crippen molar-refractivity contribution in [2.24, 2.45) is 0 Å². The molecule has 1 aliphatic heterocycles. The van der Waals surface area contributed by atoms with Gasteiger partial charge in [-0.15, -0.1) is 0 Å². The number of aryl methyl sites for hydroxylation is 2. The molecule has 1 fully saturated rings. The van der Waals surface area contributed by atoms with Crippen LogP contribution in [0.15, 0.2) is 42.6 Å². The number of hydrogen-bond donors (Lipinski definition) is 3. The third-order valence-corrected chi connectivity index (χ3v) is 7.84. The van der Waals surface area contributed by atoms with Gasteiger partial charge >= 0.3 is 0 Å².